The van der Waals surface area contributed by atoms with Crippen molar-refractivity contribution in [2.45, 2.75) is 26.9 Å². The monoisotopic (exact) mass is 257 g/mol. The maximum Gasteiger partial charge on any atom is 0.222 e. The van der Waals surface area contributed by atoms with Gasteiger partial charge in [0.1, 0.15) is 0 Å². The standard InChI is InChI=1S/C13H27N3O2/c1-4-14-5-6-16-7-8-18-12(10-16)9-15-13(17)11(2)3/h11-12,14H,4-10H2,1-3H3,(H,15,17). The van der Waals surface area contributed by atoms with Crippen LogP contribution < -0.4 is 10.6 Å². The molecule has 1 heterocycles. The average molecular weight is 257 g/mol. The highest BCUT2D eigenvalue weighted by molar-refractivity contribution is 5.77. The number of rotatable bonds is 7. The van der Waals surface area contributed by atoms with Gasteiger partial charge in [-0.15, -0.1) is 0 Å². The number of likely N-dealkylation sites (N-methyl/N-ethyl adjacent to an activating group) is 1. The number of nitrogens with zero attached hydrogens (tertiary/aromatic N) is 1. The first kappa shape index (κ1) is 15.4. The first-order valence-corrected chi connectivity index (χ1v) is 6.95. The van der Waals surface area contributed by atoms with Crippen LogP contribution in [-0.4, -0.2) is 62.8 Å². The van der Waals surface area contributed by atoms with Crippen LogP contribution in [0.3, 0.4) is 0 Å². The van der Waals surface area contributed by atoms with Gasteiger partial charge in [-0.1, -0.05) is 20.8 Å². The van der Waals surface area contributed by atoms with Gasteiger partial charge in [0.05, 0.1) is 12.7 Å². The lowest BCUT2D eigenvalue weighted by Crippen LogP contribution is -2.49. The van der Waals surface area contributed by atoms with Crippen LogP contribution in [0.25, 0.3) is 0 Å². The molecule has 1 aliphatic heterocycles. The minimum absolute atomic E-state index is 0.0402. The van der Waals surface area contributed by atoms with Crippen LogP contribution in [0.1, 0.15) is 20.8 Å². The zero-order valence-corrected chi connectivity index (χ0v) is 11.9. The molecule has 18 heavy (non-hydrogen) atoms. The molecule has 0 radical (unpaired) electrons. The molecule has 106 valence electrons. The van der Waals surface area contributed by atoms with Gasteiger partial charge in [-0.3, -0.25) is 9.69 Å². The molecule has 0 aromatic carbocycles. The van der Waals surface area contributed by atoms with Crippen LogP contribution in [0.15, 0.2) is 0 Å². The quantitative estimate of drug-likeness (QED) is 0.634. The largest absolute Gasteiger partial charge is 0.374 e. The second-order valence-corrected chi connectivity index (χ2v) is 5.05. The van der Waals surface area contributed by atoms with Crippen LogP contribution >= 0.6 is 0 Å². The Morgan fingerprint density at radius 1 is 1.50 bits per heavy atom. The van der Waals surface area contributed by atoms with Gasteiger partial charge < -0.3 is 15.4 Å². The summed E-state index contributed by atoms with van der Waals surface area (Å²) in [5.41, 5.74) is 0. The molecular formula is C13H27N3O2. The molecule has 2 N–H and O–H groups in total. The fourth-order valence-electron chi connectivity index (χ4n) is 1.94. The summed E-state index contributed by atoms with van der Waals surface area (Å²) < 4.78 is 5.67. The van der Waals surface area contributed by atoms with E-state index in [0.29, 0.717) is 6.54 Å². The van der Waals surface area contributed by atoms with E-state index in [1.165, 1.54) is 0 Å². The second-order valence-electron chi connectivity index (χ2n) is 5.05. The Morgan fingerprint density at radius 3 is 2.94 bits per heavy atom. The SMILES string of the molecule is CCNCCN1CCOC(CNC(=O)C(C)C)C1. The van der Waals surface area contributed by atoms with Crippen LogP contribution in [0.2, 0.25) is 0 Å². The van der Waals surface area contributed by atoms with Gasteiger partial charge in [0.25, 0.3) is 0 Å². The zero-order valence-electron chi connectivity index (χ0n) is 11.9. The summed E-state index contributed by atoms with van der Waals surface area (Å²) in [6, 6.07) is 0. The van der Waals surface area contributed by atoms with Crippen molar-refractivity contribution in [3.8, 4) is 0 Å². The number of carbonyl (C=O) groups is 1. The maximum atomic E-state index is 11.5. The fourth-order valence-corrected chi connectivity index (χ4v) is 1.94. The van der Waals surface area contributed by atoms with Gasteiger partial charge in [-0.25, -0.2) is 0 Å². The minimum atomic E-state index is 0.0402. The summed E-state index contributed by atoms with van der Waals surface area (Å²) in [4.78, 5) is 13.9. The molecular weight excluding hydrogens is 230 g/mol. The van der Waals surface area contributed by atoms with Gasteiger partial charge >= 0.3 is 0 Å². The van der Waals surface area contributed by atoms with Crippen LogP contribution in [-0.2, 0) is 9.53 Å². The fraction of sp³-hybridized carbons (Fsp3) is 0.923. The number of hydrogen-bond acceptors (Lipinski definition) is 4. The van der Waals surface area contributed by atoms with Crippen molar-refractivity contribution in [1.29, 1.82) is 0 Å². The van der Waals surface area contributed by atoms with Crippen LogP contribution in [0, 0.1) is 5.92 Å². The lowest BCUT2D eigenvalue weighted by atomic mass is 10.2. The summed E-state index contributed by atoms with van der Waals surface area (Å²) in [5, 5.41) is 6.26. The highest BCUT2D eigenvalue weighted by Crippen LogP contribution is 2.04. The number of morpholine rings is 1. The normalized spacial score (nSPS) is 21.2. The van der Waals surface area contributed by atoms with Crippen molar-refractivity contribution in [3.63, 3.8) is 0 Å². The van der Waals surface area contributed by atoms with Gasteiger partial charge in [0.2, 0.25) is 5.91 Å². The van der Waals surface area contributed by atoms with Crippen molar-refractivity contribution in [3.05, 3.63) is 0 Å². The Balaban J connectivity index is 2.20. The molecule has 1 aliphatic rings. The summed E-state index contributed by atoms with van der Waals surface area (Å²) in [5.74, 6) is 0.141. The average Bonchev–Trinajstić information content (AvgIpc) is 2.36. The Morgan fingerprint density at radius 2 is 2.28 bits per heavy atom. The first-order valence-electron chi connectivity index (χ1n) is 6.95. The van der Waals surface area contributed by atoms with E-state index < -0.39 is 0 Å². The van der Waals surface area contributed by atoms with E-state index in [4.69, 9.17) is 4.74 Å². The van der Waals surface area contributed by atoms with Crippen molar-refractivity contribution >= 4 is 5.91 Å². The molecule has 0 aromatic heterocycles. The van der Waals surface area contributed by atoms with E-state index in [1.807, 2.05) is 13.8 Å². The molecule has 0 spiro atoms. The molecule has 1 amide bonds. The number of nitrogens with one attached hydrogen (secondary N) is 2. The minimum Gasteiger partial charge on any atom is -0.374 e. The Bertz CT molecular complexity index is 246. The number of hydrogen-bond donors (Lipinski definition) is 2. The predicted molar refractivity (Wildman–Crippen MR) is 72.6 cm³/mol. The number of amides is 1. The van der Waals surface area contributed by atoms with E-state index in [2.05, 4.69) is 22.5 Å². The molecule has 0 aromatic rings. The lowest BCUT2D eigenvalue weighted by Gasteiger charge is -2.33. The zero-order chi connectivity index (χ0) is 13.4. The highest BCUT2D eigenvalue weighted by atomic mass is 16.5. The molecule has 5 nitrogen and oxygen atoms in total. The van der Waals surface area contributed by atoms with Gasteiger partial charge in [-0.2, -0.15) is 0 Å². The van der Waals surface area contributed by atoms with E-state index in [9.17, 15) is 4.79 Å². The van der Waals surface area contributed by atoms with Crippen molar-refractivity contribution in [2.75, 3.05) is 45.9 Å². The van der Waals surface area contributed by atoms with E-state index >= 15 is 0 Å². The summed E-state index contributed by atoms with van der Waals surface area (Å²) in [7, 11) is 0. The van der Waals surface area contributed by atoms with E-state index in [-0.39, 0.29) is 17.9 Å². The summed E-state index contributed by atoms with van der Waals surface area (Å²) in [6.45, 7) is 12.3. The molecule has 0 saturated carbocycles. The summed E-state index contributed by atoms with van der Waals surface area (Å²) >= 11 is 0. The van der Waals surface area contributed by atoms with Gasteiger partial charge in [0, 0.05) is 38.6 Å². The van der Waals surface area contributed by atoms with E-state index in [1.54, 1.807) is 0 Å². The highest BCUT2D eigenvalue weighted by Gasteiger charge is 2.20. The lowest BCUT2D eigenvalue weighted by molar-refractivity contribution is -0.125. The molecule has 5 heteroatoms. The molecule has 0 bridgehead atoms. The molecule has 1 unspecified atom stereocenters. The topological polar surface area (TPSA) is 53.6 Å². The van der Waals surface area contributed by atoms with Crippen molar-refractivity contribution in [2.24, 2.45) is 5.92 Å². The molecule has 1 saturated heterocycles. The Labute approximate surface area is 110 Å². The molecule has 1 atom stereocenters. The number of carbonyl (C=O) groups excluding carboxylic acids is 1. The third kappa shape index (κ3) is 5.80. The third-order valence-electron chi connectivity index (χ3n) is 3.11. The maximum absolute atomic E-state index is 11.5. The van der Waals surface area contributed by atoms with Gasteiger partial charge in [-0.05, 0) is 6.54 Å². The van der Waals surface area contributed by atoms with Crippen molar-refractivity contribution in [1.82, 2.24) is 15.5 Å². The smallest absolute Gasteiger partial charge is 0.222 e. The summed E-state index contributed by atoms with van der Waals surface area (Å²) in [6.07, 6.45) is 0.128. The van der Waals surface area contributed by atoms with Crippen LogP contribution in [0.5, 0.6) is 0 Å². The Kier molecular flexibility index (Phi) is 7.23. The third-order valence-corrected chi connectivity index (χ3v) is 3.11. The number of ether oxygens (including phenoxy) is 1. The second kappa shape index (κ2) is 8.45. The van der Waals surface area contributed by atoms with Gasteiger partial charge in [0.15, 0.2) is 0 Å². The van der Waals surface area contributed by atoms with Crippen LogP contribution in [0.4, 0.5) is 0 Å². The predicted octanol–water partition coefficient (Wildman–Crippen LogP) is 0.0689. The molecule has 1 fully saturated rings. The van der Waals surface area contributed by atoms with E-state index in [0.717, 1.165) is 39.3 Å². The molecule has 1 rings (SSSR count). The molecule has 0 aliphatic carbocycles. The first-order chi connectivity index (χ1) is 8.63. The Hall–Kier alpha value is -0.650. The van der Waals surface area contributed by atoms with Crippen molar-refractivity contribution < 1.29 is 9.53 Å².